The molecule has 138 valence electrons. The van der Waals surface area contributed by atoms with Crippen LogP contribution in [0.2, 0.25) is 5.02 Å². The van der Waals surface area contributed by atoms with Gasteiger partial charge in [-0.2, -0.15) is 13.2 Å². The molecule has 26 heavy (non-hydrogen) atoms. The predicted octanol–water partition coefficient (Wildman–Crippen LogP) is 4.39. The molecule has 0 fully saturated rings. The fraction of sp³-hybridized carbons (Fsp3) is 0.222. The normalized spacial score (nSPS) is 11.1. The van der Waals surface area contributed by atoms with E-state index in [4.69, 9.17) is 16.3 Å². The van der Waals surface area contributed by atoms with Crippen molar-refractivity contribution in [3.63, 3.8) is 0 Å². The van der Waals surface area contributed by atoms with Crippen molar-refractivity contribution >= 4 is 29.2 Å². The Morgan fingerprint density at radius 1 is 1.15 bits per heavy atom. The lowest BCUT2D eigenvalue weighted by Crippen LogP contribution is -2.22. The average molecular weight is 386 g/mol. The number of halogens is 4. The molecular weight excluding hydrogens is 371 g/mol. The third-order valence-corrected chi connectivity index (χ3v) is 3.68. The molecule has 0 radical (unpaired) electrons. The van der Waals surface area contributed by atoms with Gasteiger partial charge in [-0.05, 0) is 36.2 Å². The van der Waals surface area contributed by atoms with E-state index in [-0.39, 0.29) is 12.0 Å². The van der Waals surface area contributed by atoms with Gasteiger partial charge in [-0.1, -0.05) is 35.9 Å². The van der Waals surface area contributed by atoms with Crippen LogP contribution in [-0.2, 0) is 26.9 Å². The first-order valence-electron chi connectivity index (χ1n) is 7.53. The summed E-state index contributed by atoms with van der Waals surface area (Å²) in [5.74, 6) is -1.38. The summed E-state index contributed by atoms with van der Waals surface area (Å²) < 4.78 is 42.8. The lowest BCUT2D eigenvalue weighted by Gasteiger charge is -2.10. The van der Waals surface area contributed by atoms with Crippen LogP contribution in [0.5, 0.6) is 0 Å². The zero-order valence-corrected chi connectivity index (χ0v) is 14.4. The number of anilines is 1. The van der Waals surface area contributed by atoms with Crippen LogP contribution in [0.25, 0.3) is 0 Å². The molecular formula is C18H15ClF3NO3. The van der Waals surface area contributed by atoms with Crippen molar-refractivity contribution in [2.75, 3.05) is 11.9 Å². The molecule has 0 unspecified atom stereocenters. The van der Waals surface area contributed by atoms with Crippen LogP contribution < -0.4 is 5.32 Å². The van der Waals surface area contributed by atoms with E-state index in [2.05, 4.69) is 5.32 Å². The molecule has 0 spiro atoms. The molecule has 0 atom stereocenters. The first-order valence-corrected chi connectivity index (χ1v) is 7.91. The summed E-state index contributed by atoms with van der Waals surface area (Å²) in [5.41, 5.74) is 0.558. The monoisotopic (exact) mass is 385 g/mol. The Morgan fingerprint density at radius 3 is 2.58 bits per heavy atom. The number of alkyl halides is 3. The number of carbonyl (C=O) groups excluding carboxylic acids is 2. The van der Waals surface area contributed by atoms with E-state index in [1.807, 2.05) is 0 Å². The fourth-order valence-corrected chi connectivity index (χ4v) is 2.31. The van der Waals surface area contributed by atoms with Crippen molar-refractivity contribution in [1.82, 2.24) is 0 Å². The Kier molecular flexibility index (Phi) is 6.26. The van der Waals surface area contributed by atoms with Crippen LogP contribution in [0.1, 0.15) is 16.7 Å². The standard InChI is InChI=1S/C18H15ClF3NO3/c1-11-5-6-14(19)9-15(11)23-16(24)10-26-17(25)8-12-3-2-4-13(7-12)18(20,21)22/h2-7,9H,8,10H2,1H3,(H,23,24). The number of rotatable bonds is 5. The van der Waals surface area contributed by atoms with E-state index in [1.165, 1.54) is 12.1 Å². The van der Waals surface area contributed by atoms with Crippen molar-refractivity contribution in [3.8, 4) is 0 Å². The Morgan fingerprint density at radius 2 is 1.88 bits per heavy atom. The highest BCUT2D eigenvalue weighted by Crippen LogP contribution is 2.29. The van der Waals surface area contributed by atoms with E-state index in [9.17, 15) is 22.8 Å². The maximum atomic E-state index is 12.6. The van der Waals surface area contributed by atoms with E-state index in [1.54, 1.807) is 25.1 Å². The molecule has 0 saturated heterocycles. The third kappa shape index (κ3) is 5.77. The van der Waals surface area contributed by atoms with Crippen molar-refractivity contribution < 1.29 is 27.5 Å². The number of nitrogens with one attached hydrogen (secondary N) is 1. The van der Waals surface area contributed by atoms with Crippen LogP contribution in [0, 0.1) is 6.92 Å². The van der Waals surface area contributed by atoms with Crippen molar-refractivity contribution in [1.29, 1.82) is 0 Å². The second-order valence-electron chi connectivity index (χ2n) is 5.54. The maximum absolute atomic E-state index is 12.6. The molecule has 8 heteroatoms. The Labute approximate surface area is 152 Å². The molecule has 1 amide bonds. The van der Waals surface area contributed by atoms with Gasteiger partial charge in [0.15, 0.2) is 6.61 Å². The largest absolute Gasteiger partial charge is 0.455 e. The van der Waals surface area contributed by atoms with Gasteiger partial charge in [0.25, 0.3) is 5.91 Å². The first-order chi connectivity index (χ1) is 12.1. The smallest absolute Gasteiger partial charge is 0.416 e. The van der Waals surface area contributed by atoms with Gasteiger partial charge in [0.05, 0.1) is 12.0 Å². The molecule has 0 aromatic heterocycles. The minimum atomic E-state index is -4.49. The highest BCUT2D eigenvalue weighted by molar-refractivity contribution is 6.31. The second-order valence-corrected chi connectivity index (χ2v) is 5.98. The number of hydrogen-bond acceptors (Lipinski definition) is 3. The molecule has 2 aromatic rings. The minimum absolute atomic E-state index is 0.149. The molecule has 0 saturated carbocycles. The lowest BCUT2D eigenvalue weighted by atomic mass is 10.1. The molecule has 1 N–H and O–H groups in total. The number of carbonyl (C=O) groups is 2. The summed E-state index contributed by atoms with van der Waals surface area (Å²) in [6.45, 7) is 1.22. The van der Waals surface area contributed by atoms with E-state index < -0.39 is 30.2 Å². The highest BCUT2D eigenvalue weighted by Gasteiger charge is 2.30. The molecule has 2 rings (SSSR count). The van der Waals surface area contributed by atoms with Gasteiger partial charge in [0, 0.05) is 10.7 Å². The zero-order valence-electron chi connectivity index (χ0n) is 13.7. The zero-order chi connectivity index (χ0) is 19.3. The molecule has 0 aliphatic heterocycles. The van der Waals surface area contributed by atoms with Gasteiger partial charge in [-0.25, -0.2) is 0 Å². The number of amides is 1. The molecule has 0 aliphatic carbocycles. The van der Waals surface area contributed by atoms with Gasteiger partial charge < -0.3 is 10.1 Å². The lowest BCUT2D eigenvalue weighted by molar-refractivity contribution is -0.146. The molecule has 2 aromatic carbocycles. The fourth-order valence-electron chi connectivity index (χ4n) is 2.14. The average Bonchev–Trinajstić information content (AvgIpc) is 2.56. The van der Waals surface area contributed by atoms with Crippen LogP contribution in [0.15, 0.2) is 42.5 Å². The summed E-state index contributed by atoms with van der Waals surface area (Å²) in [7, 11) is 0. The molecule has 0 aliphatic rings. The van der Waals surface area contributed by atoms with Crippen LogP contribution in [0.3, 0.4) is 0 Å². The third-order valence-electron chi connectivity index (χ3n) is 3.44. The Balaban J connectivity index is 1.89. The maximum Gasteiger partial charge on any atom is 0.416 e. The van der Waals surface area contributed by atoms with E-state index >= 15 is 0 Å². The molecule has 4 nitrogen and oxygen atoms in total. The molecule has 0 heterocycles. The number of ether oxygens (including phenoxy) is 1. The van der Waals surface area contributed by atoms with Crippen molar-refractivity contribution in [3.05, 3.63) is 64.2 Å². The van der Waals surface area contributed by atoms with Crippen molar-refractivity contribution in [2.24, 2.45) is 0 Å². The SMILES string of the molecule is Cc1ccc(Cl)cc1NC(=O)COC(=O)Cc1cccc(C(F)(F)F)c1. The predicted molar refractivity (Wildman–Crippen MR) is 90.9 cm³/mol. The number of benzene rings is 2. The van der Waals surface area contributed by atoms with Gasteiger partial charge >= 0.3 is 12.1 Å². The summed E-state index contributed by atoms with van der Waals surface area (Å²) in [6.07, 6.45) is -4.86. The summed E-state index contributed by atoms with van der Waals surface area (Å²) in [4.78, 5) is 23.6. The number of aryl methyl sites for hydroxylation is 1. The number of esters is 1. The van der Waals surface area contributed by atoms with Gasteiger partial charge in [0.2, 0.25) is 0 Å². The topological polar surface area (TPSA) is 55.4 Å². The van der Waals surface area contributed by atoms with Crippen molar-refractivity contribution in [2.45, 2.75) is 19.5 Å². The van der Waals surface area contributed by atoms with Gasteiger partial charge in [-0.3, -0.25) is 9.59 Å². The highest BCUT2D eigenvalue weighted by atomic mass is 35.5. The van der Waals surface area contributed by atoms with E-state index in [0.717, 1.165) is 17.7 Å². The quantitative estimate of drug-likeness (QED) is 0.776. The van der Waals surface area contributed by atoms with Crippen LogP contribution >= 0.6 is 11.6 Å². The van der Waals surface area contributed by atoms with Gasteiger partial charge in [0.1, 0.15) is 0 Å². The first kappa shape index (κ1) is 19.8. The van der Waals surface area contributed by atoms with Crippen LogP contribution in [-0.4, -0.2) is 18.5 Å². The Hall–Kier alpha value is -2.54. The summed E-state index contributed by atoms with van der Waals surface area (Å²) in [5, 5.41) is 2.99. The number of hydrogen-bond donors (Lipinski definition) is 1. The Bertz CT molecular complexity index is 822. The summed E-state index contributed by atoms with van der Waals surface area (Å²) >= 11 is 5.85. The second kappa shape index (κ2) is 8.23. The van der Waals surface area contributed by atoms with Gasteiger partial charge in [-0.15, -0.1) is 0 Å². The minimum Gasteiger partial charge on any atom is -0.455 e. The summed E-state index contributed by atoms with van der Waals surface area (Å²) in [6, 6.07) is 9.32. The molecule has 0 bridgehead atoms. The van der Waals surface area contributed by atoms with Crippen LogP contribution in [0.4, 0.5) is 18.9 Å². The van der Waals surface area contributed by atoms with E-state index in [0.29, 0.717) is 10.7 Å².